The fourth-order valence-electron chi connectivity index (χ4n) is 1.01. The van der Waals surface area contributed by atoms with Crippen LogP contribution in [-0.4, -0.2) is 29.6 Å². The summed E-state index contributed by atoms with van der Waals surface area (Å²) < 4.78 is 4.68. The highest BCUT2D eigenvalue weighted by molar-refractivity contribution is 5.90. The maximum atomic E-state index is 11.1. The maximum Gasteiger partial charge on any atom is 0.251 e. The van der Waals surface area contributed by atoms with Crippen molar-refractivity contribution in [2.45, 2.75) is 19.8 Å². The second kappa shape index (κ2) is 5.41. The molecule has 1 N–H and O–H groups in total. The number of aromatic nitrogens is 2. The van der Waals surface area contributed by atoms with Gasteiger partial charge in [0.15, 0.2) is 5.82 Å². The molecule has 0 aromatic carbocycles. The molecule has 5 nitrogen and oxygen atoms in total. The van der Waals surface area contributed by atoms with Crippen LogP contribution in [0.15, 0.2) is 12.4 Å². The van der Waals surface area contributed by atoms with Crippen LogP contribution in [0.3, 0.4) is 0 Å². The van der Waals surface area contributed by atoms with Crippen molar-refractivity contribution in [2.75, 3.05) is 19.0 Å². The van der Waals surface area contributed by atoms with Gasteiger partial charge in [-0.1, -0.05) is 13.8 Å². The average molecular weight is 209 g/mol. The minimum absolute atomic E-state index is 0.0214. The van der Waals surface area contributed by atoms with Gasteiger partial charge < -0.3 is 10.1 Å². The van der Waals surface area contributed by atoms with Gasteiger partial charge in [0.25, 0.3) is 5.91 Å². The first-order chi connectivity index (χ1) is 7.13. The first kappa shape index (κ1) is 11.6. The molecule has 82 valence electrons. The zero-order valence-electron chi connectivity index (χ0n) is 9.15. The summed E-state index contributed by atoms with van der Waals surface area (Å²) in [6.07, 6.45) is 3.20. The standard InChI is InChI=1S/C10H15N3O2/c1-7(2)8-4-12-9(5-11-8)13-10(14)6-15-3/h4-5,7H,6H2,1-3H3,(H,12,13,14). The van der Waals surface area contributed by atoms with Crippen LogP contribution in [0.5, 0.6) is 0 Å². The normalized spacial score (nSPS) is 10.4. The molecular weight excluding hydrogens is 194 g/mol. The predicted octanol–water partition coefficient (Wildman–Crippen LogP) is 1.18. The highest BCUT2D eigenvalue weighted by Gasteiger charge is 2.04. The molecule has 0 radical (unpaired) electrons. The van der Waals surface area contributed by atoms with Crippen molar-refractivity contribution >= 4 is 11.7 Å². The Kier molecular flexibility index (Phi) is 4.17. The highest BCUT2D eigenvalue weighted by Crippen LogP contribution is 2.10. The molecular formula is C10H15N3O2. The minimum atomic E-state index is -0.232. The minimum Gasteiger partial charge on any atom is -0.375 e. The van der Waals surface area contributed by atoms with Crippen molar-refractivity contribution in [2.24, 2.45) is 0 Å². The van der Waals surface area contributed by atoms with Crippen molar-refractivity contribution < 1.29 is 9.53 Å². The lowest BCUT2D eigenvalue weighted by atomic mass is 10.1. The zero-order chi connectivity index (χ0) is 11.3. The van der Waals surface area contributed by atoms with E-state index in [0.717, 1.165) is 5.69 Å². The molecule has 1 aromatic heterocycles. The summed E-state index contributed by atoms with van der Waals surface area (Å²) in [7, 11) is 1.47. The number of hydrogen-bond acceptors (Lipinski definition) is 4. The number of carbonyl (C=O) groups excluding carboxylic acids is 1. The third-order valence-corrected chi connectivity index (χ3v) is 1.81. The van der Waals surface area contributed by atoms with Crippen LogP contribution in [0.2, 0.25) is 0 Å². The Morgan fingerprint density at radius 3 is 2.67 bits per heavy atom. The van der Waals surface area contributed by atoms with Crippen molar-refractivity contribution in [1.82, 2.24) is 9.97 Å². The van der Waals surface area contributed by atoms with E-state index < -0.39 is 0 Å². The Hall–Kier alpha value is -1.49. The number of carbonyl (C=O) groups is 1. The van der Waals surface area contributed by atoms with Crippen molar-refractivity contribution in [1.29, 1.82) is 0 Å². The molecule has 0 aliphatic rings. The molecule has 1 amide bonds. The van der Waals surface area contributed by atoms with Gasteiger partial charge in [0.1, 0.15) is 6.61 Å². The maximum absolute atomic E-state index is 11.1. The van der Waals surface area contributed by atoms with E-state index in [4.69, 9.17) is 0 Å². The van der Waals surface area contributed by atoms with Crippen LogP contribution in [0.25, 0.3) is 0 Å². The van der Waals surface area contributed by atoms with E-state index in [0.29, 0.717) is 11.7 Å². The Balaban J connectivity index is 2.60. The zero-order valence-corrected chi connectivity index (χ0v) is 9.15. The van der Waals surface area contributed by atoms with Crippen molar-refractivity contribution in [3.63, 3.8) is 0 Å². The molecule has 1 aromatic rings. The summed E-state index contributed by atoms with van der Waals surface area (Å²) in [6, 6.07) is 0. The number of rotatable bonds is 4. The molecule has 1 rings (SSSR count). The molecule has 0 fully saturated rings. The second-order valence-electron chi connectivity index (χ2n) is 3.46. The van der Waals surface area contributed by atoms with Gasteiger partial charge in [0.2, 0.25) is 0 Å². The van der Waals surface area contributed by atoms with Gasteiger partial charge in [0.05, 0.1) is 18.1 Å². The Morgan fingerprint density at radius 1 is 1.47 bits per heavy atom. The van der Waals surface area contributed by atoms with Crippen LogP contribution in [0.4, 0.5) is 5.82 Å². The summed E-state index contributed by atoms with van der Waals surface area (Å²) in [5, 5.41) is 2.57. The van der Waals surface area contributed by atoms with Gasteiger partial charge in [-0.05, 0) is 5.92 Å². The van der Waals surface area contributed by atoms with E-state index in [9.17, 15) is 4.79 Å². The number of methoxy groups -OCH3 is 1. The first-order valence-corrected chi connectivity index (χ1v) is 4.74. The molecule has 0 atom stereocenters. The lowest BCUT2D eigenvalue weighted by molar-refractivity contribution is -0.119. The van der Waals surface area contributed by atoms with Crippen molar-refractivity contribution in [3.8, 4) is 0 Å². The largest absolute Gasteiger partial charge is 0.375 e. The lowest BCUT2D eigenvalue weighted by Crippen LogP contribution is -2.18. The molecule has 1 heterocycles. The second-order valence-corrected chi connectivity index (χ2v) is 3.46. The molecule has 0 saturated carbocycles. The molecule has 0 aliphatic carbocycles. The van der Waals surface area contributed by atoms with Crippen LogP contribution < -0.4 is 5.32 Å². The van der Waals surface area contributed by atoms with Crippen LogP contribution in [0, 0.1) is 0 Å². The molecule has 5 heteroatoms. The van der Waals surface area contributed by atoms with Gasteiger partial charge in [-0.25, -0.2) is 4.98 Å². The summed E-state index contributed by atoms with van der Waals surface area (Å²) in [5.41, 5.74) is 0.903. The van der Waals surface area contributed by atoms with E-state index in [1.165, 1.54) is 7.11 Å². The first-order valence-electron chi connectivity index (χ1n) is 4.74. The Morgan fingerprint density at radius 2 is 2.20 bits per heavy atom. The molecule has 0 spiro atoms. The Bertz CT molecular complexity index is 322. The van der Waals surface area contributed by atoms with E-state index in [1.807, 2.05) is 13.8 Å². The predicted molar refractivity (Wildman–Crippen MR) is 56.6 cm³/mol. The monoisotopic (exact) mass is 209 g/mol. The van der Waals surface area contributed by atoms with Crippen molar-refractivity contribution in [3.05, 3.63) is 18.1 Å². The van der Waals surface area contributed by atoms with Gasteiger partial charge in [0, 0.05) is 7.11 Å². The van der Waals surface area contributed by atoms with E-state index in [-0.39, 0.29) is 12.5 Å². The topological polar surface area (TPSA) is 64.1 Å². The number of anilines is 1. The molecule has 15 heavy (non-hydrogen) atoms. The molecule has 0 aliphatic heterocycles. The van der Waals surface area contributed by atoms with Crippen LogP contribution in [0.1, 0.15) is 25.5 Å². The summed E-state index contributed by atoms with van der Waals surface area (Å²) in [5.74, 6) is 0.548. The number of amides is 1. The number of ether oxygens (including phenoxy) is 1. The van der Waals surface area contributed by atoms with E-state index in [1.54, 1.807) is 12.4 Å². The van der Waals surface area contributed by atoms with Gasteiger partial charge in [-0.2, -0.15) is 0 Å². The van der Waals surface area contributed by atoms with Gasteiger partial charge in [-0.15, -0.1) is 0 Å². The van der Waals surface area contributed by atoms with E-state index in [2.05, 4.69) is 20.0 Å². The molecule has 0 saturated heterocycles. The van der Waals surface area contributed by atoms with E-state index >= 15 is 0 Å². The number of nitrogens with one attached hydrogen (secondary N) is 1. The molecule has 0 unspecified atom stereocenters. The Labute approximate surface area is 88.9 Å². The van der Waals surface area contributed by atoms with Crippen LogP contribution >= 0.6 is 0 Å². The van der Waals surface area contributed by atoms with Gasteiger partial charge >= 0.3 is 0 Å². The number of nitrogens with zero attached hydrogens (tertiary/aromatic N) is 2. The quantitative estimate of drug-likeness (QED) is 0.808. The molecule has 0 bridgehead atoms. The third-order valence-electron chi connectivity index (χ3n) is 1.81. The average Bonchev–Trinajstić information content (AvgIpc) is 2.18. The van der Waals surface area contributed by atoms with Crippen LogP contribution in [-0.2, 0) is 9.53 Å². The van der Waals surface area contributed by atoms with Gasteiger partial charge in [-0.3, -0.25) is 9.78 Å². The SMILES string of the molecule is COCC(=O)Nc1cnc(C(C)C)cn1. The third kappa shape index (κ3) is 3.63. The lowest BCUT2D eigenvalue weighted by Gasteiger charge is -2.05. The summed E-state index contributed by atoms with van der Waals surface area (Å²) >= 11 is 0. The highest BCUT2D eigenvalue weighted by atomic mass is 16.5. The smallest absolute Gasteiger partial charge is 0.251 e. The summed E-state index contributed by atoms with van der Waals surface area (Å²) in [4.78, 5) is 19.4. The fraction of sp³-hybridized carbons (Fsp3) is 0.500. The number of hydrogen-bond donors (Lipinski definition) is 1. The summed E-state index contributed by atoms with van der Waals surface area (Å²) in [6.45, 7) is 4.09. The fourth-order valence-corrected chi connectivity index (χ4v) is 1.01.